The van der Waals surface area contributed by atoms with Crippen LogP contribution in [-0.4, -0.2) is 5.16 Å². The fourth-order valence-corrected chi connectivity index (χ4v) is 3.91. The summed E-state index contributed by atoms with van der Waals surface area (Å²) in [6.07, 6.45) is 6.89. The maximum absolute atomic E-state index is 14.4. The van der Waals surface area contributed by atoms with Crippen molar-refractivity contribution < 1.29 is 13.2 Å². The summed E-state index contributed by atoms with van der Waals surface area (Å²) in [4.78, 5) is 3.58. The van der Waals surface area contributed by atoms with Gasteiger partial charge in [0.15, 0.2) is 5.82 Å². The summed E-state index contributed by atoms with van der Waals surface area (Å²) in [6.45, 7) is 2.20. The molecular weight excluding hydrogens is 415 g/mol. The molecule has 0 spiro atoms. The number of hydrogen-bond acceptors (Lipinski definition) is 2. The van der Waals surface area contributed by atoms with Crippen LogP contribution in [-0.2, 0) is 0 Å². The zero-order valence-corrected chi connectivity index (χ0v) is 18.1. The second-order valence-corrected chi connectivity index (χ2v) is 7.89. The molecule has 158 valence electrons. The molecule has 0 amide bonds. The second kappa shape index (κ2) is 11.0. The first-order chi connectivity index (χ1) is 15.0. The summed E-state index contributed by atoms with van der Waals surface area (Å²) in [5, 5.41) is 2.08. The Morgan fingerprint density at radius 3 is 2.19 bits per heavy atom. The van der Waals surface area contributed by atoms with Crippen LogP contribution in [0.4, 0.5) is 18.9 Å². The summed E-state index contributed by atoms with van der Waals surface area (Å²) in [5.41, 5.74) is 0.221. The topological polar surface area (TPSA) is 12.4 Å². The number of hydrogen-bond donors (Lipinski definition) is 0. The molecule has 1 saturated carbocycles. The van der Waals surface area contributed by atoms with Crippen LogP contribution in [0.3, 0.4) is 0 Å². The van der Waals surface area contributed by atoms with E-state index in [9.17, 15) is 13.2 Å². The van der Waals surface area contributed by atoms with Crippen LogP contribution in [0.2, 0.25) is 0 Å². The first-order valence-corrected chi connectivity index (χ1v) is 10.8. The molecule has 2 aromatic rings. The van der Waals surface area contributed by atoms with Crippen molar-refractivity contribution in [2.45, 2.75) is 45.4 Å². The van der Waals surface area contributed by atoms with Gasteiger partial charge in [-0.15, -0.1) is 0 Å². The highest BCUT2D eigenvalue weighted by atomic mass is 32.1. The van der Waals surface area contributed by atoms with Gasteiger partial charge in [-0.05, 0) is 74.2 Å². The van der Waals surface area contributed by atoms with E-state index < -0.39 is 17.5 Å². The van der Waals surface area contributed by atoms with Gasteiger partial charge in [-0.25, -0.2) is 13.2 Å². The molecule has 0 aromatic heterocycles. The van der Waals surface area contributed by atoms with Gasteiger partial charge < -0.3 is 0 Å². The predicted octanol–water partition coefficient (Wildman–Crippen LogP) is 7.20. The minimum atomic E-state index is -0.786. The van der Waals surface area contributed by atoms with E-state index in [0.717, 1.165) is 24.8 Å². The Balaban J connectivity index is 1.73. The molecule has 1 nitrogen and oxygen atoms in total. The van der Waals surface area contributed by atoms with Gasteiger partial charge in [0.05, 0.1) is 10.7 Å². The number of benzene rings is 2. The van der Waals surface area contributed by atoms with Gasteiger partial charge in [0.1, 0.15) is 17.3 Å². The molecule has 1 fully saturated rings. The fraction of sp³-hybridized carbons (Fsp3) is 0.346. The maximum Gasteiger partial charge on any atom is 0.150 e. The second-order valence-electron chi connectivity index (χ2n) is 7.71. The third-order valence-electron chi connectivity index (χ3n) is 5.45. The largest absolute Gasteiger partial charge is 0.205 e. The molecule has 0 heterocycles. The van der Waals surface area contributed by atoms with Gasteiger partial charge in [0.25, 0.3) is 0 Å². The van der Waals surface area contributed by atoms with Gasteiger partial charge in [-0.1, -0.05) is 43.4 Å². The summed E-state index contributed by atoms with van der Waals surface area (Å²) in [7, 11) is 0. The van der Waals surface area contributed by atoms with Crippen molar-refractivity contribution in [3.63, 3.8) is 0 Å². The van der Waals surface area contributed by atoms with Crippen LogP contribution in [0, 0.1) is 53.0 Å². The van der Waals surface area contributed by atoms with Crippen LogP contribution in [0.15, 0.2) is 35.3 Å². The van der Waals surface area contributed by atoms with E-state index >= 15 is 0 Å². The number of thiocarbonyl (C=S) groups is 1. The first kappa shape index (κ1) is 22.8. The lowest BCUT2D eigenvalue weighted by atomic mass is 9.80. The van der Waals surface area contributed by atoms with Gasteiger partial charge >= 0.3 is 0 Å². The highest BCUT2D eigenvalue weighted by Crippen LogP contribution is 2.31. The minimum absolute atomic E-state index is 0.0275. The average Bonchev–Trinajstić information content (AvgIpc) is 2.75. The van der Waals surface area contributed by atoms with Gasteiger partial charge in [0, 0.05) is 17.0 Å². The molecule has 0 atom stereocenters. The Labute approximate surface area is 186 Å². The maximum atomic E-state index is 14.4. The van der Waals surface area contributed by atoms with Crippen molar-refractivity contribution in [3.05, 3.63) is 64.5 Å². The van der Waals surface area contributed by atoms with Crippen LogP contribution in [0.5, 0.6) is 0 Å². The molecule has 0 unspecified atom stereocenters. The zero-order chi connectivity index (χ0) is 22.2. The smallest absolute Gasteiger partial charge is 0.150 e. The van der Waals surface area contributed by atoms with Gasteiger partial charge in [-0.2, -0.15) is 4.99 Å². The molecular formula is C26H22F3NS. The predicted molar refractivity (Wildman–Crippen MR) is 121 cm³/mol. The third-order valence-corrected chi connectivity index (χ3v) is 5.54. The van der Waals surface area contributed by atoms with Crippen molar-refractivity contribution in [1.82, 2.24) is 0 Å². The van der Waals surface area contributed by atoms with Crippen LogP contribution in [0.1, 0.15) is 62.1 Å². The quantitative estimate of drug-likeness (QED) is 0.281. The Kier molecular flexibility index (Phi) is 8.07. The van der Waals surface area contributed by atoms with Crippen molar-refractivity contribution in [2.24, 2.45) is 16.8 Å². The number of rotatable bonds is 3. The SMILES string of the molecule is CCCC1CCC(C#Cc2cc(F)c(C#Cc3ccc(N=C=S)c(F)c3)c(F)c2)CC1. The molecule has 0 N–H and O–H groups in total. The lowest BCUT2D eigenvalue weighted by molar-refractivity contribution is 0.300. The van der Waals surface area contributed by atoms with E-state index in [1.54, 1.807) is 0 Å². The van der Waals surface area contributed by atoms with E-state index in [1.165, 1.54) is 49.9 Å². The van der Waals surface area contributed by atoms with Crippen molar-refractivity contribution in [1.29, 1.82) is 0 Å². The Morgan fingerprint density at radius 2 is 1.58 bits per heavy atom. The summed E-state index contributed by atoms with van der Waals surface area (Å²) in [6, 6.07) is 6.39. The third kappa shape index (κ3) is 6.31. The summed E-state index contributed by atoms with van der Waals surface area (Å²) in [5.74, 6) is 9.96. The first-order valence-electron chi connectivity index (χ1n) is 10.4. The van der Waals surface area contributed by atoms with Gasteiger partial charge in [-0.3, -0.25) is 0 Å². The van der Waals surface area contributed by atoms with Crippen molar-refractivity contribution >= 4 is 23.1 Å². The normalized spacial score (nSPS) is 17.5. The molecule has 0 aliphatic heterocycles. The average molecular weight is 438 g/mol. The van der Waals surface area contributed by atoms with E-state index in [0.29, 0.717) is 5.56 Å². The molecule has 0 radical (unpaired) electrons. The Morgan fingerprint density at radius 1 is 0.903 bits per heavy atom. The molecule has 2 aromatic carbocycles. The van der Waals surface area contributed by atoms with E-state index in [2.05, 4.69) is 53.0 Å². The molecule has 5 heteroatoms. The Bertz CT molecular complexity index is 1100. The molecule has 0 bridgehead atoms. The molecule has 31 heavy (non-hydrogen) atoms. The zero-order valence-electron chi connectivity index (χ0n) is 17.3. The molecule has 1 aliphatic carbocycles. The van der Waals surface area contributed by atoms with E-state index in [1.807, 2.05) is 0 Å². The highest BCUT2D eigenvalue weighted by molar-refractivity contribution is 7.78. The van der Waals surface area contributed by atoms with Gasteiger partial charge in [0.2, 0.25) is 0 Å². The number of nitrogens with zero attached hydrogens (tertiary/aromatic N) is 1. The standard InChI is InChI=1S/C26H22F3NS/c1-2-3-18-4-6-19(7-5-18)8-9-21-15-23(27)22(24(28)16-21)12-10-20-11-13-26(30-17-31)25(29)14-20/h11,13-16,18-19H,2-7H2,1H3. The lowest BCUT2D eigenvalue weighted by Gasteiger charge is -2.25. The summed E-state index contributed by atoms with van der Waals surface area (Å²) < 4.78 is 42.7. The van der Waals surface area contributed by atoms with E-state index in [4.69, 9.17) is 0 Å². The van der Waals surface area contributed by atoms with Crippen LogP contribution >= 0.6 is 12.2 Å². The number of isothiocyanates is 1. The van der Waals surface area contributed by atoms with Crippen molar-refractivity contribution in [3.8, 4) is 23.7 Å². The highest BCUT2D eigenvalue weighted by Gasteiger charge is 2.19. The van der Waals surface area contributed by atoms with E-state index in [-0.39, 0.29) is 22.7 Å². The number of aliphatic imine (C=N–C) groups is 1. The molecule has 1 aliphatic rings. The minimum Gasteiger partial charge on any atom is -0.205 e. The monoisotopic (exact) mass is 437 g/mol. The fourth-order valence-electron chi connectivity index (χ4n) is 3.81. The molecule has 3 rings (SSSR count). The summed E-state index contributed by atoms with van der Waals surface area (Å²) >= 11 is 4.45. The van der Waals surface area contributed by atoms with Crippen molar-refractivity contribution in [2.75, 3.05) is 0 Å². The lowest BCUT2D eigenvalue weighted by Crippen LogP contribution is -2.13. The number of halogens is 3. The Hall–Kier alpha value is -2.85. The molecule has 0 saturated heterocycles. The van der Waals surface area contributed by atoms with Crippen LogP contribution < -0.4 is 0 Å². The van der Waals surface area contributed by atoms with Crippen LogP contribution in [0.25, 0.3) is 0 Å².